The van der Waals surface area contributed by atoms with Crippen LogP contribution in [-0.2, 0) is 6.18 Å². The molecule has 0 amide bonds. The molecule has 2 aromatic heterocycles. The van der Waals surface area contributed by atoms with Crippen LogP contribution in [0.2, 0.25) is 0 Å². The summed E-state index contributed by atoms with van der Waals surface area (Å²) in [6, 6.07) is 6.00. The molecular formula is C14H7F3N4O3. The molecule has 0 unspecified atom stereocenters. The lowest BCUT2D eigenvalue weighted by Gasteiger charge is -2.08. The van der Waals surface area contributed by atoms with E-state index in [1.807, 2.05) is 0 Å². The van der Waals surface area contributed by atoms with E-state index < -0.39 is 16.7 Å². The summed E-state index contributed by atoms with van der Waals surface area (Å²) in [6.45, 7) is 0. The second-order valence-corrected chi connectivity index (χ2v) is 4.65. The minimum atomic E-state index is -4.59. The van der Waals surface area contributed by atoms with Crippen molar-refractivity contribution in [2.45, 2.75) is 6.18 Å². The van der Waals surface area contributed by atoms with E-state index in [1.165, 1.54) is 24.3 Å². The van der Waals surface area contributed by atoms with Gasteiger partial charge in [0.2, 0.25) is 5.82 Å². The Morgan fingerprint density at radius 3 is 2.46 bits per heavy atom. The van der Waals surface area contributed by atoms with Crippen molar-refractivity contribution in [1.29, 1.82) is 0 Å². The van der Waals surface area contributed by atoms with Crippen LogP contribution in [0.5, 0.6) is 0 Å². The Balaban J connectivity index is 1.99. The molecule has 0 saturated heterocycles. The number of rotatable bonds is 3. The maximum Gasteiger partial charge on any atom is 0.417 e. The summed E-state index contributed by atoms with van der Waals surface area (Å²) in [5.74, 6) is -0.333. The first kappa shape index (κ1) is 15.6. The molecule has 0 aliphatic carbocycles. The Bertz CT molecular complexity index is 891. The fraction of sp³-hybridized carbons (Fsp3) is 0.0714. The summed E-state index contributed by atoms with van der Waals surface area (Å²) in [7, 11) is 0. The monoisotopic (exact) mass is 336 g/mol. The first-order valence-corrected chi connectivity index (χ1v) is 6.46. The van der Waals surface area contributed by atoms with Crippen LogP contribution in [0.1, 0.15) is 5.56 Å². The average molecular weight is 336 g/mol. The molecule has 0 spiro atoms. The van der Waals surface area contributed by atoms with Crippen molar-refractivity contribution in [2.24, 2.45) is 0 Å². The van der Waals surface area contributed by atoms with E-state index in [-0.39, 0.29) is 23.0 Å². The molecule has 10 heteroatoms. The van der Waals surface area contributed by atoms with E-state index >= 15 is 0 Å². The number of benzene rings is 1. The van der Waals surface area contributed by atoms with Crippen LogP contribution < -0.4 is 0 Å². The summed E-state index contributed by atoms with van der Waals surface area (Å²) in [4.78, 5) is 17.6. The van der Waals surface area contributed by atoms with Crippen LogP contribution in [0, 0.1) is 10.1 Å². The Morgan fingerprint density at radius 1 is 1.12 bits per heavy atom. The van der Waals surface area contributed by atoms with Gasteiger partial charge < -0.3 is 4.52 Å². The van der Waals surface area contributed by atoms with Gasteiger partial charge in [-0.15, -0.1) is 0 Å². The fourth-order valence-electron chi connectivity index (χ4n) is 2.00. The van der Waals surface area contributed by atoms with Crippen molar-refractivity contribution in [3.05, 3.63) is 58.4 Å². The maximum absolute atomic E-state index is 13.0. The van der Waals surface area contributed by atoms with Crippen LogP contribution in [-0.4, -0.2) is 20.0 Å². The van der Waals surface area contributed by atoms with Gasteiger partial charge in [-0.25, -0.2) is 0 Å². The largest absolute Gasteiger partial charge is 0.417 e. The number of nitro groups is 1. The predicted molar refractivity (Wildman–Crippen MR) is 74.6 cm³/mol. The first-order chi connectivity index (χ1) is 11.4. The summed E-state index contributed by atoms with van der Waals surface area (Å²) in [6.07, 6.45) is -2.58. The molecule has 0 atom stereocenters. The van der Waals surface area contributed by atoms with E-state index in [2.05, 4.69) is 15.1 Å². The molecular weight excluding hydrogens is 329 g/mol. The zero-order chi connectivity index (χ0) is 17.3. The first-order valence-electron chi connectivity index (χ1n) is 6.46. The molecule has 0 saturated carbocycles. The van der Waals surface area contributed by atoms with Gasteiger partial charge in [-0.1, -0.05) is 5.16 Å². The van der Waals surface area contributed by atoms with Gasteiger partial charge in [-0.2, -0.15) is 18.2 Å². The summed E-state index contributed by atoms with van der Waals surface area (Å²) >= 11 is 0. The molecule has 0 N–H and O–H groups in total. The number of hydrogen-bond acceptors (Lipinski definition) is 6. The van der Waals surface area contributed by atoms with E-state index in [0.717, 1.165) is 18.5 Å². The normalized spacial score (nSPS) is 11.5. The minimum Gasteiger partial charge on any atom is -0.334 e. The highest BCUT2D eigenvalue weighted by molar-refractivity contribution is 5.63. The zero-order valence-corrected chi connectivity index (χ0v) is 11.7. The third-order valence-corrected chi connectivity index (χ3v) is 3.12. The SMILES string of the molecule is O=[N+]([O-])c1ccc(-c2nc(-c3cnccc3C(F)(F)F)no2)cc1. The van der Waals surface area contributed by atoms with E-state index in [0.29, 0.717) is 5.56 Å². The second kappa shape index (κ2) is 5.72. The van der Waals surface area contributed by atoms with Crippen molar-refractivity contribution in [3.8, 4) is 22.8 Å². The van der Waals surface area contributed by atoms with E-state index in [1.54, 1.807) is 0 Å². The highest BCUT2D eigenvalue weighted by Gasteiger charge is 2.35. The van der Waals surface area contributed by atoms with Gasteiger partial charge in [0.25, 0.3) is 11.6 Å². The Labute approximate surface area is 131 Å². The number of alkyl halides is 3. The van der Waals surface area contributed by atoms with Gasteiger partial charge in [0.15, 0.2) is 0 Å². The highest BCUT2D eigenvalue weighted by Crippen LogP contribution is 2.36. The molecule has 7 nitrogen and oxygen atoms in total. The molecule has 1 aromatic carbocycles. The van der Waals surface area contributed by atoms with Crippen molar-refractivity contribution in [1.82, 2.24) is 15.1 Å². The predicted octanol–water partition coefficient (Wildman–Crippen LogP) is 3.73. The van der Waals surface area contributed by atoms with Crippen LogP contribution in [0.15, 0.2) is 47.2 Å². The summed E-state index contributed by atoms with van der Waals surface area (Å²) < 4.78 is 44.0. The quantitative estimate of drug-likeness (QED) is 0.534. The van der Waals surface area contributed by atoms with Gasteiger partial charge in [0, 0.05) is 30.1 Å². The van der Waals surface area contributed by atoms with Crippen molar-refractivity contribution >= 4 is 5.69 Å². The number of hydrogen-bond donors (Lipinski definition) is 0. The molecule has 3 rings (SSSR count). The van der Waals surface area contributed by atoms with Crippen LogP contribution in [0.25, 0.3) is 22.8 Å². The third-order valence-electron chi connectivity index (χ3n) is 3.12. The van der Waals surface area contributed by atoms with Crippen molar-refractivity contribution in [2.75, 3.05) is 0 Å². The fourth-order valence-corrected chi connectivity index (χ4v) is 2.00. The highest BCUT2D eigenvalue weighted by atomic mass is 19.4. The number of nitro benzene ring substituents is 1. The molecule has 3 aromatic rings. The second-order valence-electron chi connectivity index (χ2n) is 4.65. The van der Waals surface area contributed by atoms with Gasteiger partial charge in [-0.05, 0) is 18.2 Å². The van der Waals surface area contributed by atoms with Crippen LogP contribution in [0.3, 0.4) is 0 Å². The summed E-state index contributed by atoms with van der Waals surface area (Å²) in [5.41, 5.74) is -1.04. The molecule has 24 heavy (non-hydrogen) atoms. The Kier molecular flexibility index (Phi) is 3.72. The third kappa shape index (κ3) is 2.93. The van der Waals surface area contributed by atoms with Crippen molar-refractivity contribution < 1.29 is 22.6 Å². The number of nitrogens with zero attached hydrogens (tertiary/aromatic N) is 4. The summed E-state index contributed by atoms with van der Waals surface area (Å²) in [5, 5.41) is 14.1. The number of aromatic nitrogens is 3. The standard InChI is InChI=1S/C14H7F3N4O3/c15-14(16,17)11-5-6-18-7-10(11)12-19-13(24-20-12)8-1-3-9(4-2-8)21(22)23/h1-7H. The molecule has 0 radical (unpaired) electrons. The number of non-ortho nitro benzene ring substituents is 1. The van der Waals surface area contributed by atoms with E-state index in [4.69, 9.17) is 4.52 Å². The molecule has 0 aliphatic rings. The lowest BCUT2D eigenvalue weighted by atomic mass is 10.1. The van der Waals surface area contributed by atoms with E-state index in [9.17, 15) is 23.3 Å². The molecule has 122 valence electrons. The molecule has 0 bridgehead atoms. The lowest BCUT2D eigenvalue weighted by molar-refractivity contribution is -0.384. The molecule has 2 heterocycles. The maximum atomic E-state index is 13.0. The topological polar surface area (TPSA) is 95.0 Å². The van der Waals surface area contributed by atoms with Gasteiger partial charge in [0.1, 0.15) is 0 Å². The Hall–Kier alpha value is -3.30. The van der Waals surface area contributed by atoms with Gasteiger partial charge in [0.05, 0.1) is 16.1 Å². The van der Waals surface area contributed by atoms with Crippen molar-refractivity contribution in [3.63, 3.8) is 0 Å². The number of halogens is 3. The van der Waals surface area contributed by atoms with Gasteiger partial charge in [-0.3, -0.25) is 15.1 Å². The minimum absolute atomic E-state index is 0.0584. The Morgan fingerprint density at radius 2 is 1.83 bits per heavy atom. The molecule has 0 fully saturated rings. The van der Waals surface area contributed by atoms with Gasteiger partial charge >= 0.3 is 6.18 Å². The molecule has 0 aliphatic heterocycles. The lowest BCUT2D eigenvalue weighted by Crippen LogP contribution is -2.07. The number of pyridine rings is 1. The van der Waals surface area contributed by atoms with Crippen LogP contribution >= 0.6 is 0 Å². The smallest absolute Gasteiger partial charge is 0.334 e. The average Bonchev–Trinajstić information content (AvgIpc) is 3.04. The van der Waals surface area contributed by atoms with Crippen LogP contribution in [0.4, 0.5) is 18.9 Å². The zero-order valence-electron chi connectivity index (χ0n) is 11.7.